The molecular weight excluding hydrogens is 586 g/mol. The van der Waals surface area contributed by atoms with Gasteiger partial charge in [-0.2, -0.15) is 0 Å². The number of rotatable bonds is 10. The number of benzene rings is 3. The van der Waals surface area contributed by atoms with Gasteiger partial charge in [-0.05, 0) is 55.0 Å². The Hall–Kier alpha value is -4.54. The molecule has 4 aromatic rings. The summed E-state index contributed by atoms with van der Waals surface area (Å²) in [7, 11) is 3.86. The van der Waals surface area contributed by atoms with Gasteiger partial charge in [0.15, 0.2) is 0 Å². The Morgan fingerprint density at radius 1 is 1.00 bits per heavy atom. The van der Waals surface area contributed by atoms with Crippen molar-refractivity contribution in [1.29, 1.82) is 0 Å². The van der Waals surface area contributed by atoms with Gasteiger partial charge in [0.1, 0.15) is 17.6 Å². The normalized spacial score (nSPS) is 13.1. The number of carbonyl (C=O) groups is 4. The minimum atomic E-state index is -0.868. The Kier molecular flexibility index (Phi) is 8.89. The maximum absolute atomic E-state index is 14.0. The van der Waals surface area contributed by atoms with Crippen molar-refractivity contribution in [1.82, 2.24) is 9.88 Å². The van der Waals surface area contributed by atoms with E-state index in [0.29, 0.717) is 27.8 Å². The number of thiazole rings is 1. The molecule has 3 aromatic carbocycles. The number of anilines is 3. The summed E-state index contributed by atoms with van der Waals surface area (Å²) in [4.78, 5) is 62.3. The predicted octanol–water partition coefficient (Wildman–Crippen LogP) is 5.50. The minimum absolute atomic E-state index is 0.0419. The van der Waals surface area contributed by atoms with Crippen LogP contribution in [0.15, 0.2) is 78.2 Å². The molecule has 5 rings (SSSR count). The van der Waals surface area contributed by atoms with E-state index < -0.39 is 30.2 Å². The van der Waals surface area contributed by atoms with E-state index in [1.807, 2.05) is 55.6 Å². The highest BCUT2D eigenvalue weighted by molar-refractivity contribution is 7.09. The number of Topliss-reactive ketones (excluding diaryl/α,β-unsaturated/α-hetero) is 1. The van der Waals surface area contributed by atoms with Crippen LogP contribution < -0.4 is 15.1 Å². The van der Waals surface area contributed by atoms with Gasteiger partial charge in [0.25, 0.3) is 11.7 Å². The van der Waals surface area contributed by atoms with Crippen molar-refractivity contribution in [2.24, 2.45) is 0 Å². The van der Waals surface area contributed by atoms with E-state index >= 15 is 0 Å². The molecule has 1 aromatic heterocycles. The molecule has 1 N–H and O–H groups in total. The third kappa shape index (κ3) is 6.45. The number of hydrogen-bond donors (Lipinski definition) is 1. The van der Waals surface area contributed by atoms with E-state index in [0.717, 1.165) is 16.9 Å². The summed E-state index contributed by atoms with van der Waals surface area (Å²) in [5.41, 5.74) is 3.79. The quantitative estimate of drug-likeness (QED) is 0.236. The number of para-hydroxylation sites is 1. The van der Waals surface area contributed by atoms with Crippen LogP contribution in [0, 0.1) is 0 Å². The standard InChI is InChI=1S/C32H30ClN5O4S/c1-4-26(31(41)34-22-13-15-23(16-14-22)36(2)3)37(17-28-35-25(19-43-28)20-9-11-21(33)12-10-20)29(39)18-38-27-8-6-5-7-24(27)30(40)32(38)42/h5-16,19,26H,4,17-18H2,1-3H3,(H,34,41). The van der Waals surface area contributed by atoms with E-state index in [-0.39, 0.29) is 18.0 Å². The predicted molar refractivity (Wildman–Crippen MR) is 170 cm³/mol. The Bertz CT molecular complexity index is 1670. The number of fused-ring (bicyclic) bond motifs is 1. The van der Waals surface area contributed by atoms with Crippen molar-refractivity contribution < 1.29 is 19.2 Å². The summed E-state index contributed by atoms with van der Waals surface area (Å²) in [5, 5.41) is 6.04. The van der Waals surface area contributed by atoms with Crippen LogP contribution in [0.1, 0.15) is 28.7 Å². The Balaban J connectivity index is 1.42. The maximum Gasteiger partial charge on any atom is 0.299 e. The molecule has 3 amide bonds. The summed E-state index contributed by atoms with van der Waals surface area (Å²) in [5.74, 6) is -2.28. The number of carbonyl (C=O) groups excluding carboxylic acids is 4. The number of nitrogens with zero attached hydrogens (tertiary/aromatic N) is 4. The van der Waals surface area contributed by atoms with Crippen LogP contribution in [0.2, 0.25) is 5.02 Å². The molecular formula is C32H30ClN5O4S. The molecule has 2 heterocycles. The first-order valence-electron chi connectivity index (χ1n) is 13.7. The smallest absolute Gasteiger partial charge is 0.299 e. The molecule has 9 nitrogen and oxygen atoms in total. The van der Waals surface area contributed by atoms with Gasteiger partial charge in [0, 0.05) is 41.4 Å². The number of halogens is 1. The van der Waals surface area contributed by atoms with Crippen LogP contribution in [-0.2, 0) is 20.9 Å². The van der Waals surface area contributed by atoms with Crippen LogP contribution in [-0.4, -0.2) is 60.1 Å². The molecule has 1 aliphatic heterocycles. The average molecular weight is 616 g/mol. The highest BCUT2D eigenvalue weighted by Gasteiger charge is 2.39. The molecule has 0 radical (unpaired) electrons. The van der Waals surface area contributed by atoms with Gasteiger partial charge < -0.3 is 15.1 Å². The van der Waals surface area contributed by atoms with Crippen molar-refractivity contribution in [3.63, 3.8) is 0 Å². The second kappa shape index (κ2) is 12.8. The average Bonchev–Trinajstić information content (AvgIpc) is 3.56. The highest BCUT2D eigenvalue weighted by atomic mass is 35.5. The first kappa shape index (κ1) is 29.9. The Morgan fingerprint density at radius 3 is 2.37 bits per heavy atom. The van der Waals surface area contributed by atoms with E-state index in [2.05, 4.69) is 5.32 Å². The SMILES string of the molecule is CCC(C(=O)Nc1ccc(N(C)C)cc1)N(Cc1nc(-c2ccc(Cl)cc2)cs1)C(=O)CN1C(=O)C(=O)c2ccccc21. The van der Waals surface area contributed by atoms with Gasteiger partial charge in [0.05, 0.1) is 23.5 Å². The van der Waals surface area contributed by atoms with E-state index in [4.69, 9.17) is 16.6 Å². The van der Waals surface area contributed by atoms with E-state index in [1.54, 1.807) is 48.5 Å². The first-order valence-corrected chi connectivity index (χ1v) is 14.9. The lowest BCUT2D eigenvalue weighted by atomic mass is 10.1. The molecule has 1 atom stereocenters. The molecule has 11 heteroatoms. The lowest BCUT2D eigenvalue weighted by Gasteiger charge is -2.31. The van der Waals surface area contributed by atoms with Crippen LogP contribution in [0.5, 0.6) is 0 Å². The second-order valence-electron chi connectivity index (χ2n) is 10.2. The summed E-state index contributed by atoms with van der Waals surface area (Å²) in [6.45, 7) is 1.47. The fourth-order valence-electron chi connectivity index (χ4n) is 4.90. The number of nitrogens with one attached hydrogen (secondary N) is 1. The minimum Gasteiger partial charge on any atom is -0.378 e. The number of amides is 3. The second-order valence-corrected chi connectivity index (χ2v) is 11.6. The van der Waals surface area contributed by atoms with Crippen molar-refractivity contribution in [3.05, 3.63) is 93.8 Å². The maximum atomic E-state index is 14.0. The number of aromatic nitrogens is 1. The molecule has 1 unspecified atom stereocenters. The lowest BCUT2D eigenvalue weighted by molar-refractivity contribution is -0.138. The summed E-state index contributed by atoms with van der Waals surface area (Å²) < 4.78 is 0. The fraction of sp³-hybridized carbons (Fsp3) is 0.219. The summed E-state index contributed by atoms with van der Waals surface area (Å²) in [6.07, 6.45) is 0.312. The van der Waals surface area contributed by atoms with Crippen molar-refractivity contribution in [2.45, 2.75) is 25.9 Å². The third-order valence-corrected chi connectivity index (χ3v) is 8.29. The zero-order valence-electron chi connectivity index (χ0n) is 23.9. The zero-order valence-corrected chi connectivity index (χ0v) is 25.5. The Morgan fingerprint density at radius 2 is 1.70 bits per heavy atom. The van der Waals surface area contributed by atoms with Gasteiger partial charge in [-0.15, -0.1) is 11.3 Å². The number of ketones is 1. The topological polar surface area (TPSA) is 103 Å². The summed E-state index contributed by atoms with van der Waals surface area (Å²) >= 11 is 7.40. The molecule has 220 valence electrons. The van der Waals surface area contributed by atoms with Crippen molar-refractivity contribution in [2.75, 3.05) is 35.8 Å². The molecule has 43 heavy (non-hydrogen) atoms. The molecule has 0 spiro atoms. The van der Waals surface area contributed by atoms with Crippen molar-refractivity contribution >= 4 is 63.5 Å². The van der Waals surface area contributed by atoms with E-state index in [9.17, 15) is 19.2 Å². The highest BCUT2D eigenvalue weighted by Crippen LogP contribution is 2.30. The van der Waals surface area contributed by atoms with Gasteiger partial charge in [0.2, 0.25) is 11.8 Å². The van der Waals surface area contributed by atoms with Gasteiger partial charge in [-0.25, -0.2) is 4.98 Å². The third-order valence-electron chi connectivity index (χ3n) is 7.21. The van der Waals surface area contributed by atoms with Crippen LogP contribution in [0.25, 0.3) is 11.3 Å². The van der Waals surface area contributed by atoms with Gasteiger partial charge in [-0.1, -0.05) is 42.8 Å². The summed E-state index contributed by atoms with van der Waals surface area (Å²) in [6, 6.07) is 20.4. The fourth-order valence-corrected chi connectivity index (χ4v) is 5.83. The molecule has 1 aliphatic rings. The molecule has 0 aliphatic carbocycles. The van der Waals surface area contributed by atoms with Crippen LogP contribution in [0.4, 0.5) is 17.1 Å². The number of hydrogen-bond acceptors (Lipinski definition) is 7. The van der Waals surface area contributed by atoms with Crippen LogP contribution >= 0.6 is 22.9 Å². The lowest BCUT2D eigenvalue weighted by Crippen LogP contribution is -2.50. The van der Waals surface area contributed by atoms with E-state index in [1.165, 1.54) is 21.1 Å². The monoisotopic (exact) mass is 615 g/mol. The zero-order chi connectivity index (χ0) is 30.7. The van der Waals surface area contributed by atoms with Crippen molar-refractivity contribution in [3.8, 4) is 11.3 Å². The van der Waals surface area contributed by atoms with Crippen LogP contribution in [0.3, 0.4) is 0 Å². The Labute approximate surface area is 258 Å². The first-order chi connectivity index (χ1) is 20.7. The molecule has 0 saturated heterocycles. The molecule has 0 fully saturated rings. The largest absolute Gasteiger partial charge is 0.378 e. The van der Waals surface area contributed by atoms with Gasteiger partial charge in [-0.3, -0.25) is 24.1 Å². The van der Waals surface area contributed by atoms with Gasteiger partial charge >= 0.3 is 0 Å². The molecule has 0 saturated carbocycles. The molecule has 0 bridgehead atoms.